The molecule has 6 nitrogen and oxygen atoms in total. The van der Waals surface area contributed by atoms with Crippen LogP contribution in [0.3, 0.4) is 0 Å². The molecule has 0 atom stereocenters. The van der Waals surface area contributed by atoms with E-state index >= 15 is 0 Å². The first kappa shape index (κ1) is 21.1. The molecule has 0 amide bonds. The number of hydrogen-bond acceptors (Lipinski definition) is 5. The highest BCUT2D eigenvalue weighted by atomic mass is 19.1. The average molecular weight is 442 g/mol. The number of rotatable bonds is 2. The Morgan fingerprint density at radius 2 is 1.82 bits per heavy atom. The fourth-order valence-corrected chi connectivity index (χ4v) is 4.30. The van der Waals surface area contributed by atoms with Crippen LogP contribution >= 0.6 is 0 Å². The molecule has 5 rings (SSSR count). The number of nitrogen functional groups attached to an aromatic ring is 1. The molecule has 0 unspecified atom stereocenters. The summed E-state index contributed by atoms with van der Waals surface area (Å²) >= 11 is 0. The zero-order valence-corrected chi connectivity index (χ0v) is 18.3. The van der Waals surface area contributed by atoms with Crippen molar-refractivity contribution in [1.29, 1.82) is 0 Å². The van der Waals surface area contributed by atoms with Crippen molar-refractivity contribution in [3.63, 3.8) is 0 Å². The summed E-state index contributed by atoms with van der Waals surface area (Å²) in [5, 5.41) is 10.7. The summed E-state index contributed by atoms with van der Waals surface area (Å²) < 4.78 is 15.9. The topological polar surface area (TPSA) is 89.9 Å². The van der Waals surface area contributed by atoms with E-state index in [1.54, 1.807) is 12.1 Å². The number of fused-ring (bicyclic) bond motifs is 1. The minimum Gasteiger partial charge on any atom is -0.382 e. The number of hydrogen-bond donors (Lipinski definition) is 2. The number of imidazole rings is 1. The zero-order valence-electron chi connectivity index (χ0n) is 18.3. The molecule has 1 saturated carbocycles. The number of halogens is 1. The van der Waals surface area contributed by atoms with Crippen LogP contribution in [0.1, 0.15) is 43.5 Å². The number of nitrogens with zero attached hydrogens (tertiary/aromatic N) is 4. The first-order chi connectivity index (χ1) is 15.9. The van der Waals surface area contributed by atoms with Crippen LogP contribution in [-0.2, 0) is 0 Å². The van der Waals surface area contributed by atoms with Gasteiger partial charge in [0.15, 0.2) is 17.0 Å². The molecule has 2 aromatic carbocycles. The summed E-state index contributed by atoms with van der Waals surface area (Å²) in [6.07, 6.45) is 4.29. The molecule has 7 heteroatoms. The van der Waals surface area contributed by atoms with Gasteiger partial charge in [0, 0.05) is 11.3 Å². The predicted octanol–water partition coefficient (Wildman–Crippen LogP) is 4.56. The lowest BCUT2D eigenvalue weighted by Gasteiger charge is -2.26. The minimum absolute atomic E-state index is 0.184. The molecular formula is C26H24FN5O. The van der Waals surface area contributed by atoms with Gasteiger partial charge >= 0.3 is 0 Å². The highest BCUT2D eigenvalue weighted by Gasteiger charge is 2.27. The highest BCUT2D eigenvalue weighted by molar-refractivity contribution is 5.87. The van der Waals surface area contributed by atoms with E-state index in [-0.39, 0.29) is 17.5 Å². The van der Waals surface area contributed by atoms with Gasteiger partial charge < -0.3 is 10.8 Å². The summed E-state index contributed by atoms with van der Waals surface area (Å²) in [5.41, 5.74) is 8.61. The summed E-state index contributed by atoms with van der Waals surface area (Å²) in [5.74, 6) is 6.45. The highest BCUT2D eigenvalue weighted by Crippen LogP contribution is 2.31. The van der Waals surface area contributed by atoms with Crippen molar-refractivity contribution in [2.75, 3.05) is 5.73 Å². The minimum atomic E-state index is -1.02. The van der Waals surface area contributed by atoms with E-state index < -0.39 is 5.60 Å². The largest absolute Gasteiger partial charge is 0.382 e. The fourth-order valence-electron chi connectivity index (χ4n) is 4.30. The Hall–Kier alpha value is -3.76. The van der Waals surface area contributed by atoms with Gasteiger partial charge in [0.2, 0.25) is 5.82 Å². The lowest BCUT2D eigenvalue weighted by molar-refractivity contribution is 0.0610. The van der Waals surface area contributed by atoms with Crippen molar-refractivity contribution >= 4 is 17.0 Å². The molecule has 33 heavy (non-hydrogen) atoms. The third-order valence-corrected chi connectivity index (χ3v) is 5.96. The van der Waals surface area contributed by atoms with Crippen molar-refractivity contribution in [1.82, 2.24) is 19.5 Å². The molecule has 3 N–H and O–H groups in total. The van der Waals surface area contributed by atoms with E-state index in [9.17, 15) is 9.50 Å². The number of benzene rings is 2. The second-order valence-corrected chi connectivity index (χ2v) is 8.57. The van der Waals surface area contributed by atoms with Crippen molar-refractivity contribution in [3.05, 3.63) is 65.7 Å². The summed E-state index contributed by atoms with van der Waals surface area (Å²) in [6.45, 7) is 2.00. The third-order valence-electron chi connectivity index (χ3n) is 5.96. The van der Waals surface area contributed by atoms with E-state index in [1.165, 1.54) is 12.1 Å². The van der Waals surface area contributed by atoms with Gasteiger partial charge in [-0.3, -0.25) is 4.57 Å². The van der Waals surface area contributed by atoms with Gasteiger partial charge in [0.1, 0.15) is 17.2 Å². The molecule has 0 radical (unpaired) electrons. The van der Waals surface area contributed by atoms with Crippen molar-refractivity contribution in [3.8, 4) is 28.9 Å². The summed E-state index contributed by atoms with van der Waals surface area (Å²) in [4.78, 5) is 13.7. The van der Waals surface area contributed by atoms with E-state index in [0.717, 1.165) is 30.5 Å². The Kier molecular flexibility index (Phi) is 5.31. The maximum absolute atomic E-state index is 14.0. The number of aryl methyl sites for hydroxylation is 1. The van der Waals surface area contributed by atoms with Crippen LogP contribution in [-0.4, -0.2) is 30.2 Å². The number of nitrogens with two attached hydrogens (primary N) is 1. The van der Waals surface area contributed by atoms with Gasteiger partial charge in [-0.15, -0.1) is 0 Å². The van der Waals surface area contributed by atoms with E-state index in [1.807, 2.05) is 35.8 Å². The van der Waals surface area contributed by atoms with Crippen LogP contribution in [0.4, 0.5) is 10.2 Å². The van der Waals surface area contributed by atoms with E-state index in [0.29, 0.717) is 35.4 Å². The molecule has 0 saturated heterocycles. The maximum Gasteiger partial charge on any atom is 0.209 e. The average Bonchev–Trinajstić information content (AvgIpc) is 3.19. The van der Waals surface area contributed by atoms with Crippen LogP contribution in [0.5, 0.6) is 0 Å². The molecule has 1 aliphatic carbocycles. The Bertz CT molecular complexity index is 1410. The van der Waals surface area contributed by atoms with Gasteiger partial charge in [-0.05, 0) is 68.4 Å². The Labute approximate surface area is 191 Å². The first-order valence-corrected chi connectivity index (χ1v) is 11.1. The molecular weight excluding hydrogens is 417 g/mol. The van der Waals surface area contributed by atoms with Crippen molar-refractivity contribution < 1.29 is 9.50 Å². The lowest BCUT2D eigenvalue weighted by Crippen LogP contribution is -2.29. The molecule has 0 aliphatic heterocycles. The molecule has 1 aliphatic rings. The Balaban J connectivity index is 1.72. The quantitative estimate of drug-likeness (QED) is 0.445. The Morgan fingerprint density at radius 3 is 2.58 bits per heavy atom. The van der Waals surface area contributed by atoms with Crippen molar-refractivity contribution in [2.45, 2.75) is 44.6 Å². The molecule has 0 spiro atoms. The second-order valence-electron chi connectivity index (χ2n) is 8.57. The number of aromatic nitrogens is 4. The van der Waals surface area contributed by atoms with E-state index in [2.05, 4.69) is 26.8 Å². The SMILES string of the molecule is Cc1cccc(-n2c(-c3cccc(F)c3)nc3c(N)nc(C#CC4(O)CCCCC4)nc32)c1. The fraction of sp³-hybridized carbons (Fsp3) is 0.269. The van der Waals surface area contributed by atoms with Gasteiger partial charge in [-0.25, -0.2) is 19.3 Å². The van der Waals surface area contributed by atoms with Crippen LogP contribution in [0.25, 0.3) is 28.2 Å². The van der Waals surface area contributed by atoms with Gasteiger partial charge in [-0.2, -0.15) is 0 Å². The molecule has 0 bridgehead atoms. The Morgan fingerprint density at radius 1 is 1.03 bits per heavy atom. The summed E-state index contributed by atoms with van der Waals surface area (Å²) in [7, 11) is 0. The number of aliphatic hydroxyl groups is 1. The molecule has 2 aromatic heterocycles. The summed E-state index contributed by atoms with van der Waals surface area (Å²) in [6, 6.07) is 14.1. The lowest BCUT2D eigenvalue weighted by atomic mass is 9.85. The number of anilines is 1. The van der Waals surface area contributed by atoms with Crippen LogP contribution in [0, 0.1) is 24.6 Å². The second kappa shape index (κ2) is 8.30. The molecule has 1 fully saturated rings. The smallest absolute Gasteiger partial charge is 0.209 e. The normalized spacial score (nSPS) is 15.2. The van der Waals surface area contributed by atoms with Gasteiger partial charge in [-0.1, -0.05) is 36.6 Å². The van der Waals surface area contributed by atoms with Gasteiger partial charge in [0.05, 0.1) is 0 Å². The van der Waals surface area contributed by atoms with E-state index in [4.69, 9.17) is 5.73 Å². The van der Waals surface area contributed by atoms with Crippen LogP contribution in [0.2, 0.25) is 0 Å². The van der Waals surface area contributed by atoms with Gasteiger partial charge in [0.25, 0.3) is 0 Å². The first-order valence-electron chi connectivity index (χ1n) is 11.1. The standard InChI is InChI=1S/C26H24FN5O/c1-17-7-5-10-20(15-17)32-24(18-8-6-9-19(27)16-18)31-22-23(28)29-21(30-25(22)32)11-14-26(33)12-3-2-4-13-26/h5-10,15-16,33H,2-4,12-13H2,1H3,(H2,28,29,30). The third kappa shape index (κ3) is 4.18. The zero-order chi connectivity index (χ0) is 23.0. The van der Waals surface area contributed by atoms with Crippen molar-refractivity contribution in [2.24, 2.45) is 0 Å². The predicted molar refractivity (Wildman–Crippen MR) is 126 cm³/mol. The van der Waals surface area contributed by atoms with Crippen LogP contribution in [0.15, 0.2) is 48.5 Å². The maximum atomic E-state index is 14.0. The van der Waals surface area contributed by atoms with Crippen LogP contribution < -0.4 is 5.73 Å². The molecule has 166 valence electrons. The molecule has 2 heterocycles. The monoisotopic (exact) mass is 441 g/mol. The molecule has 4 aromatic rings.